The van der Waals surface area contributed by atoms with E-state index in [-0.39, 0.29) is 17.1 Å². The van der Waals surface area contributed by atoms with Gasteiger partial charge in [-0.2, -0.15) is 0 Å². The van der Waals surface area contributed by atoms with Crippen molar-refractivity contribution in [1.29, 1.82) is 0 Å². The van der Waals surface area contributed by atoms with E-state index in [4.69, 9.17) is 9.84 Å². The van der Waals surface area contributed by atoms with Crippen molar-refractivity contribution in [3.05, 3.63) is 48.3 Å². The predicted octanol–water partition coefficient (Wildman–Crippen LogP) is 1.50. The number of carbonyl (C=O) groups is 2. The number of benzene rings is 1. The Bertz CT molecular complexity index is 672. The number of amides is 1. The van der Waals surface area contributed by atoms with E-state index in [1.807, 2.05) is 0 Å². The molecule has 0 bridgehead atoms. The van der Waals surface area contributed by atoms with E-state index in [0.29, 0.717) is 5.69 Å². The van der Waals surface area contributed by atoms with Crippen molar-refractivity contribution in [3.8, 4) is 11.5 Å². The minimum atomic E-state index is -1.12. The van der Waals surface area contributed by atoms with Gasteiger partial charge in [-0.1, -0.05) is 12.1 Å². The Hall–Kier alpha value is -3.09. The van der Waals surface area contributed by atoms with Gasteiger partial charge in [-0.15, -0.1) is 0 Å². The van der Waals surface area contributed by atoms with Gasteiger partial charge < -0.3 is 20.3 Å². The second kappa shape index (κ2) is 6.38. The van der Waals surface area contributed by atoms with Crippen LogP contribution in [0.2, 0.25) is 0 Å². The van der Waals surface area contributed by atoms with Crippen molar-refractivity contribution >= 4 is 17.6 Å². The van der Waals surface area contributed by atoms with Crippen LogP contribution in [-0.2, 0) is 4.79 Å². The van der Waals surface area contributed by atoms with Gasteiger partial charge in [0.05, 0.1) is 17.4 Å². The van der Waals surface area contributed by atoms with E-state index in [1.165, 1.54) is 18.5 Å². The largest absolute Gasteiger partial charge is 0.506 e. The highest BCUT2D eigenvalue weighted by Gasteiger charge is 2.11. The molecule has 7 heteroatoms. The SMILES string of the molecule is O=C(O)COc1ccccc1NC(=O)c1cncc(O)c1. The van der Waals surface area contributed by atoms with Gasteiger partial charge in [0.15, 0.2) is 6.61 Å². The van der Waals surface area contributed by atoms with Crippen LogP contribution in [0, 0.1) is 0 Å². The zero-order chi connectivity index (χ0) is 15.2. The lowest BCUT2D eigenvalue weighted by molar-refractivity contribution is -0.139. The standard InChI is InChI=1S/C14H12N2O5/c17-10-5-9(6-15-7-10)14(20)16-11-3-1-2-4-12(11)21-8-13(18)19/h1-7,17H,8H2,(H,16,20)(H,18,19). The second-order valence-corrected chi connectivity index (χ2v) is 4.06. The van der Waals surface area contributed by atoms with Crippen molar-refractivity contribution in [1.82, 2.24) is 4.98 Å². The number of anilines is 1. The van der Waals surface area contributed by atoms with Gasteiger partial charge in [0.25, 0.3) is 5.91 Å². The summed E-state index contributed by atoms with van der Waals surface area (Å²) >= 11 is 0. The van der Waals surface area contributed by atoms with E-state index in [1.54, 1.807) is 24.3 Å². The Morgan fingerprint density at radius 2 is 2.00 bits per heavy atom. The number of nitrogens with one attached hydrogen (secondary N) is 1. The molecular formula is C14H12N2O5. The van der Waals surface area contributed by atoms with Crippen LogP contribution in [0.1, 0.15) is 10.4 Å². The summed E-state index contributed by atoms with van der Waals surface area (Å²) in [4.78, 5) is 26.2. The molecule has 7 nitrogen and oxygen atoms in total. The Balaban J connectivity index is 2.15. The first-order valence-corrected chi connectivity index (χ1v) is 5.95. The normalized spacial score (nSPS) is 9.90. The number of aromatic nitrogens is 1. The highest BCUT2D eigenvalue weighted by molar-refractivity contribution is 6.05. The first kappa shape index (κ1) is 14.3. The number of carboxylic acids is 1. The van der Waals surface area contributed by atoms with E-state index >= 15 is 0 Å². The average Bonchev–Trinajstić information content (AvgIpc) is 2.46. The molecular weight excluding hydrogens is 276 g/mol. The topological polar surface area (TPSA) is 109 Å². The summed E-state index contributed by atoms with van der Waals surface area (Å²) in [6.07, 6.45) is 2.51. The second-order valence-electron chi connectivity index (χ2n) is 4.06. The summed E-state index contributed by atoms with van der Waals surface area (Å²) in [5.41, 5.74) is 0.495. The molecule has 0 saturated carbocycles. The van der Waals surface area contributed by atoms with Gasteiger partial charge in [0.2, 0.25) is 0 Å². The first-order chi connectivity index (χ1) is 10.1. The molecule has 0 unspecified atom stereocenters. The number of para-hydroxylation sites is 2. The molecule has 0 radical (unpaired) electrons. The summed E-state index contributed by atoms with van der Waals surface area (Å²) in [6, 6.07) is 7.71. The van der Waals surface area contributed by atoms with Gasteiger partial charge in [-0.25, -0.2) is 4.79 Å². The number of rotatable bonds is 5. The van der Waals surface area contributed by atoms with Crippen LogP contribution >= 0.6 is 0 Å². The minimum absolute atomic E-state index is 0.127. The molecule has 0 aliphatic carbocycles. The maximum Gasteiger partial charge on any atom is 0.341 e. The lowest BCUT2D eigenvalue weighted by atomic mass is 10.2. The van der Waals surface area contributed by atoms with Crippen molar-refractivity contribution in [2.75, 3.05) is 11.9 Å². The van der Waals surface area contributed by atoms with Crippen LogP contribution in [0.15, 0.2) is 42.7 Å². The Labute approximate surface area is 119 Å². The maximum atomic E-state index is 12.0. The van der Waals surface area contributed by atoms with E-state index in [9.17, 15) is 14.7 Å². The summed E-state index contributed by atoms with van der Waals surface area (Å²) in [7, 11) is 0. The van der Waals surface area contributed by atoms with Crippen molar-refractivity contribution in [2.24, 2.45) is 0 Å². The summed E-state index contributed by atoms with van der Waals surface area (Å²) in [5, 5.41) is 20.5. The average molecular weight is 288 g/mol. The van der Waals surface area contributed by atoms with E-state index in [0.717, 1.165) is 0 Å². The highest BCUT2D eigenvalue weighted by atomic mass is 16.5. The van der Waals surface area contributed by atoms with Crippen LogP contribution in [0.5, 0.6) is 11.5 Å². The number of aromatic hydroxyl groups is 1. The van der Waals surface area contributed by atoms with Crippen LogP contribution in [0.3, 0.4) is 0 Å². The molecule has 1 aromatic heterocycles. The van der Waals surface area contributed by atoms with Gasteiger partial charge in [0.1, 0.15) is 11.5 Å². The molecule has 1 heterocycles. The summed E-state index contributed by atoms with van der Waals surface area (Å²) in [6.45, 7) is -0.513. The molecule has 3 N–H and O–H groups in total. The Kier molecular flexibility index (Phi) is 4.35. The molecule has 0 aliphatic rings. The molecule has 21 heavy (non-hydrogen) atoms. The number of ether oxygens (including phenoxy) is 1. The smallest absolute Gasteiger partial charge is 0.341 e. The molecule has 1 amide bonds. The monoisotopic (exact) mass is 288 g/mol. The fraction of sp³-hybridized carbons (Fsp3) is 0.0714. The summed E-state index contributed by atoms with van der Waals surface area (Å²) in [5.74, 6) is -1.50. The van der Waals surface area contributed by atoms with E-state index < -0.39 is 18.5 Å². The van der Waals surface area contributed by atoms with Crippen LogP contribution in [0.4, 0.5) is 5.69 Å². The number of hydrogen-bond acceptors (Lipinski definition) is 5. The van der Waals surface area contributed by atoms with Gasteiger partial charge in [-0.05, 0) is 18.2 Å². The third-order valence-corrected chi connectivity index (χ3v) is 2.47. The molecule has 0 atom stereocenters. The van der Waals surface area contributed by atoms with Crippen LogP contribution in [-0.4, -0.2) is 33.7 Å². The van der Waals surface area contributed by atoms with Crippen molar-refractivity contribution in [3.63, 3.8) is 0 Å². The molecule has 2 aromatic rings. The number of carbonyl (C=O) groups excluding carboxylic acids is 1. The molecule has 108 valence electrons. The van der Waals surface area contributed by atoms with Gasteiger partial charge >= 0.3 is 5.97 Å². The van der Waals surface area contributed by atoms with Crippen molar-refractivity contribution < 1.29 is 24.5 Å². The summed E-state index contributed by atoms with van der Waals surface area (Å²) < 4.78 is 5.08. The number of hydrogen-bond donors (Lipinski definition) is 3. The third kappa shape index (κ3) is 3.93. The fourth-order valence-electron chi connectivity index (χ4n) is 1.58. The first-order valence-electron chi connectivity index (χ1n) is 5.95. The van der Waals surface area contributed by atoms with E-state index in [2.05, 4.69) is 10.3 Å². The van der Waals surface area contributed by atoms with Crippen LogP contribution in [0.25, 0.3) is 0 Å². The zero-order valence-corrected chi connectivity index (χ0v) is 10.8. The molecule has 0 aliphatic heterocycles. The van der Waals surface area contributed by atoms with Crippen molar-refractivity contribution in [2.45, 2.75) is 0 Å². The maximum absolute atomic E-state index is 12.0. The number of carboxylic acid groups (broad SMARTS) is 1. The quantitative estimate of drug-likeness (QED) is 0.769. The lowest BCUT2D eigenvalue weighted by Gasteiger charge is -2.11. The zero-order valence-electron chi connectivity index (χ0n) is 10.8. The number of pyridine rings is 1. The Morgan fingerprint density at radius 1 is 1.24 bits per heavy atom. The molecule has 1 aromatic carbocycles. The fourth-order valence-corrected chi connectivity index (χ4v) is 1.58. The number of aliphatic carboxylic acids is 1. The van der Waals surface area contributed by atoms with Crippen LogP contribution < -0.4 is 10.1 Å². The van der Waals surface area contributed by atoms with Gasteiger partial charge in [0, 0.05) is 6.20 Å². The third-order valence-electron chi connectivity index (χ3n) is 2.47. The number of nitrogens with zero attached hydrogens (tertiary/aromatic N) is 1. The molecule has 0 spiro atoms. The molecule has 0 fully saturated rings. The Morgan fingerprint density at radius 3 is 2.71 bits per heavy atom. The molecule has 0 saturated heterocycles. The predicted molar refractivity (Wildman–Crippen MR) is 73.4 cm³/mol. The van der Waals surface area contributed by atoms with Gasteiger partial charge in [-0.3, -0.25) is 9.78 Å². The molecule has 2 rings (SSSR count). The lowest BCUT2D eigenvalue weighted by Crippen LogP contribution is -2.15. The minimum Gasteiger partial charge on any atom is -0.506 e. The highest BCUT2D eigenvalue weighted by Crippen LogP contribution is 2.24.